The summed E-state index contributed by atoms with van der Waals surface area (Å²) in [6, 6.07) is 4.91. The van der Waals surface area contributed by atoms with Gasteiger partial charge < -0.3 is 11.5 Å². The fourth-order valence-corrected chi connectivity index (χ4v) is 1.08. The van der Waals surface area contributed by atoms with Crippen molar-refractivity contribution in [3.8, 4) is 0 Å². The molecule has 0 spiro atoms. The Bertz CT molecular complexity index is 352. The monoisotopic (exact) mass is 195 g/mol. The van der Waals surface area contributed by atoms with E-state index in [2.05, 4.69) is 0 Å². The van der Waals surface area contributed by atoms with Crippen molar-refractivity contribution in [2.45, 2.75) is 0 Å². The first-order chi connectivity index (χ1) is 6.56. The fraction of sp³-hybridized carbons (Fsp3) is 0.222. The van der Waals surface area contributed by atoms with Crippen LogP contribution in [0.5, 0.6) is 0 Å². The third-order valence-electron chi connectivity index (χ3n) is 1.94. The number of primary amides is 1. The standard InChI is InChI=1S/C9H13N3O2/c1-12(14-2)6-3-4-7(9(11)13)8(10)5-6/h3-5H,10H2,1-2H3,(H2,11,13). The van der Waals surface area contributed by atoms with Gasteiger partial charge in [0.15, 0.2) is 0 Å². The lowest BCUT2D eigenvalue weighted by molar-refractivity contribution is 0.100. The second-order valence-electron chi connectivity index (χ2n) is 2.82. The highest BCUT2D eigenvalue weighted by molar-refractivity contribution is 5.98. The Hall–Kier alpha value is -1.75. The Labute approximate surface area is 82.2 Å². The Morgan fingerprint density at radius 1 is 1.50 bits per heavy atom. The van der Waals surface area contributed by atoms with Crippen molar-refractivity contribution in [3.05, 3.63) is 23.8 Å². The van der Waals surface area contributed by atoms with E-state index in [4.69, 9.17) is 16.3 Å². The molecule has 1 rings (SSSR count). The van der Waals surface area contributed by atoms with Crippen LogP contribution < -0.4 is 16.5 Å². The lowest BCUT2D eigenvalue weighted by atomic mass is 10.1. The van der Waals surface area contributed by atoms with Crippen molar-refractivity contribution in [1.29, 1.82) is 0 Å². The van der Waals surface area contributed by atoms with Crippen LogP contribution in [0.2, 0.25) is 0 Å². The van der Waals surface area contributed by atoms with Gasteiger partial charge in [0.05, 0.1) is 18.4 Å². The summed E-state index contributed by atoms with van der Waals surface area (Å²) in [6.45, 7) is 0. The van der Waals surface area contributed by atoms with Gasteiger partial charge in [0.25, 0.3) is 5.91 Å². The molecule has 5 nitrogen and oxygen atoms in total. The number of nitrogens with zero attached hydrogens (tertiary/aromatic N) is 1. The zero-order valence-corrected chi connectivity index (χ0v) is 8.15. The molecule has 0 saturated carbocycles. The molecule has 0 atom stereocenters. The molecular formula is C9H13N3O2. The van der Waals surface area contributed by atoms with Crippen LogP contribution in [-0.4, -0.2) is 20.1 Å². The number of rotatable bonds is 3. The van der Waals surface area contributed by atoms with Crippen molar-refractivity contribution >= 4 is 17.3 Å². The average Bonchev–Trinajstić information content (AvgIpc) is 2.15. The third-order valence-corrected chi connectivity index (χ3v) is 1.94. The van der Waals surface area contributed by atoms with Crippen molar-refractivity contribution in [2.24, 2.45) is 5.73 Å². The molecule has 0 heterocycles. The van der Waals surface area contributed by atoms with Gasteiger partial charge in [-0.2, -0.15) is 0 Å². The molecule has 1 amide bonds. The molecule has 0 bridgehead atoms. The van der Waals surface area contributed by atoms with Crippen LogP contribution in [0.25, 0.3) is 0 Å². The molecule has 0 aliphatic carbocycles. The summed E-state index contributed by atoms with van der Waals surface area (Å²) >= 11 is 0. The summed E-state index contributed by atoms with van der Waals surface area (Å²) in [5, 5.41) is 1.53. The molecule has 14 heavy (non-hydrogen) atoms. The van der Waals surface area contributed by atoms with E-state index in [0.717, 1.165) is 5.69 Å². The molecule has 0 radical (unpaired) electrons. The summed E-state index contributed by atoms with van der Waals surface area (Å²) in [5.41, 5.74) is 12.2. The van der Waals surface area contributed by atoms with E-state index < -0.39 is 5.91 Å². The van der Waals surface area contributed by atoms with Crippen LogP contribution in [0, 0.1) is 0 Å². The average molecular weight is 195 g/mol. The largest absolute Gasteiger partial charge is 0.398 e. The molecule has 4 N–H and O–H groups in total. The van der Waals surface area contributed by atoms with Crippen LogP contribution in [-0.2, 0) is 4.84 Å². The number of hydrogen-bond acceptors (Lipinski definition) is 4. The molecule has 0 aromatic heterocycles. The molecule has 0 aliphatic heterocycles. The van der Waals surface area contributed by atoms with Crippen LogP contribution in [0.1, 0.15) is 10.4 Å². The number of hydrogen-bond donors (Lipinski definition) is 2. The number of carbonyl (C=O) groups excluding carboxylic acids is 1. The highest BCUT2D eigenvalue weighted by Gasteiger charge is 2.07. The van der Waals surface area contributed by atoms with Gasteiger partial charge >= 0.3 is 0 Å². The lowest BCUT2D eigenvalue weighted by Gasteiger charge is -2.16. The van der Waals surface area contributed by atoms with Crippen LogP contribution >= 0.6 is 0 Å². The number of anilines is 2. The molecule has 5 heteroatoms. The predicted octanol–water partition coefficient (Wildman–Crippen LogP) is 0.365. The van der Waals surface area contributed by atoms with Crippen molar-refractivity contribution in [3.63, 3.8) is 0 Å². The summed E-state index contributed by atoms with van der Waals surface area (Å²) in [6.07, 6.45) is 0. The first-order valence-corrected chi connectivity index (χ1v) is 4.03. The Morgan fingerprint density at radius 2 is 2.14 bits per heavy atom. The summed E-state index contributed by atoms with van der Waals surface area (Å²) in [7, 11) is 3.27. The predicted molar refractivity (Wildman–Crippen MR) is 54.8 cm³/mol. The SMILES string of the molecule is CON(C)c1ccc(C(N)=O)c(N)c1. The molecule has 0 unspecified atom stereocenters. The number of hydroxylamine groups is 1. The van der Waals surface area contributed by atoms with E-state index in [-0.39, 0.29) is 0 Å². The smallest absolute Gasteiger partial charge is 0.250 e. The molecule has 76 valence electrons. The van der Waals surface area contributed by atoms with E-state index in [1.165, 1.54) is 12.2 Å². The second-order valence-corrected chi connectivity index (χ2v) is 2.82. The van der Waals surface area contributed by atoms with E-state index in [1.54, 1.807) is 25.2 Å². The van der Waals surface area contributed by atoms with E-state index in [0.29, 0.717) is 11.3 Å². The zero-order valence-electron chi connectivity index (χ0n) is 8.15. The van der Waals surface area contributed by atoms with Crippen molar-refractivity contribution in [1.82, 2.24) is 0 Å². The highest BCUT2D eigenvalue weighted by Crippen LogP contribution is 2.20. The summed E-state index contributed by atoms with van der Waals surface area (Å²) < 4.78 is 0. The Morgan fingerprint density at radius 3 is 2.57 bits per heavy atom. The Balaban J connectivity index is 3.06. The van der Waals surface area contributed by atoms with Gasteiger partial charge in [0.2, 0.25) is 0 Å². The maximum absolute atomic E-state index is 10.9. The number of benzene rings is 1. The van der Waals surface area contributed by atoms with Gasteiger partial charge in [-0.15, -0.1) is 0 Å². The zero-order chi connectivity index (χ0) is 10.7. The van der Waals surface area contributed by atoms with Crippen molar-refractivity contribution < 1.29 is 9.63 Å². The lowest BCUT2D eigenvalue weighted by Crippen LogP contribution is -2.17. The van der Waals surface area contributed by atoms with Gasteiger partial charge in [-0.1, -0.05) is 0 Å². The molecule has 1 aromatic carbocycles. The number of amides is 1. The maximum Gasteiger partial charge on any atom is 0.250 e. The fourth-order valence-electron chi connectivity index (χ4n) is 1.08. The van der Waals surface area contributed by atoms with Crippen LogP contribution in [0.15, 0.2) is 18.2 Å². The topological polar surface area (TPSA) is 81.6 Å². The number of nitrogen functional groups attached to an aromatic ring is 1. The first kappa shape index (κ1) is 10.3. The minimum atomic E-state index is -0.533. The minimum Gasteiger partial charge on any atom is -0.398 e. The Kier molecular flexibility index (Phi) is 2.93. The van der Waals surface area contributed by atoms with Crippen LogP contribution in [0.3, 0.4) is 0 Å². The van der Waals surface area contributed by atoms with Gasteiger partial charge in [0.1, 0.15) is 0 Å². The summed E-state index contributed by atoms with van der Waals surface area (Å²) in [4.78, 5) is 15.8. The van der Waals surface area contributed by atoms with Crippen LogP contribution in [0.4, 0.5) is 11.4 Å². The van der Waals surface area contributed by atoms with Gasteiger partial charge in [-0.25, -0.2) is 0 Å². The molecule has 0 fully saturated rings. The van der Waals surface area contributed by atoms with E-state index in [9.17, 15) is 4.79 Å². The molecule has 0 saturated heterocycles. The molecule has 0 aliphatic rings. The minimum absolute atomic E-state index is 0.318. The summed E-state index contributed by atoms with van der Waals surface area (Å²) in [5.74, 6) is -0.533. The number of carbonyl (C=O) groups is 1. The van der Waals surface area contributed by atoms with Gasteiger partial charge in [0, 0.05) is 12.7 Å². The van der Waals surface area contributed by atoms with E-state index >= 15 is 0 Å². The first-order valence-electron chi connectivity index (χ1n) is 4.03. The number of nitrogens with two attached hydrogens (primary N) is 2. The molecule has 1 aromatic rings. The quantitative estimate of drug-likeness (QED) is 0.539. The maximum atomic E-state index is 10.9. The normalized spacial score (nSPS) is 9.86. The van der Waals surface area contributed by atoms with Gasteiger partial charge in [-0.3, -0.25) is 14.7 Å². The van der Waals surface area contributed by atoms with Gasteiger partial charge in [-0.05, 0) is 18.2 Å². The second kappa shape index (κ2) is 3.97. The van der Waals surface area contributed by atoms with E-state index in [1.807, 2.05) is 0 Å². The van der Waals surface area contributed by atoms with Crippen molar-refractivity contribution in [2.75, 3.05) is 25.0 Å². The molecular weight excluding hydrogens is 182 g/mol. The third kappa shape index (κ3) is 1.94. The highest BCUT2D eigenvalue weighted by atomic mass is 16.7.